The first kappa shape index (κ1) is 20.4. The molecule has 2 heterocycles. The molecule has 0 saturated heterocycles. The molecule has 2 N–H and O–H groups in total. The quantitative estimate of drug-likeness (QED) is 0.413. The Kier molecular flexibility index (Phi) is 4.90. The molecule has 5 rings (SSSR count). The lowest BCUT2D eigenvalue weighted by Crippen LogP contribution is -2.05. The monoisotopic (exact) mass is 440 g/mol. The Morgan fingerprint density at radius 3 is 2.42 bits per heavy atom. The number of fused-ring (bicyclic) bond motifs is 1. The average molecular weight is 440 g/mol. The van der Waals surface area contributed by atoms with Gasteiger partial charge >= 0.3 is 11.7 Å². The van der Waals surface area contributed by atoms with Crippen molar-refractivity contribution in [2.75, 3.05) is 0 Å². The lowest BCUT2D eigenvalue weighted by Gasteiger charge is -2.12. The lowest BCUT2D eigenvalue weighted by molar-refractivity contribution is 0.0698. The summed E-state index contributed by atoms with van der Waals surface area (Å²) in [6.07, 6.45) is 0.650. The summed E-state index contributed by atoms with van der Waals surface area (Å²) >= 11 is 0. The molecule has 0 radical (unpaired) electrons. The molecular formula is C25H20N4O4. The van der Waals surface area contributed by atoms with Crippen molar-refractivity contribution < 1.29 is 14.4 Å². The molecule has 8 heteroatoms. The van der Waals surface area contributed by atoms with E-state index in [-0.39, 0.29) is 5.56 Å². The molecule has 0 fully saturated rings. The van der Waals surface area contributed by atoms with Crippen molar-refractivity contribution >= 4 is 17.0 Å². The SMILES string of the molecule is CCc1nc2c(C)ccc(C(=O)O)c2n1-c1ccc(-c2ccccc2-c2noc(=O)[nH]2)cc1. The Morgan fingerprint density at radius 1 is 1.06 bits per heavy atom. The Hall–Kier alpha value is -4.46. The van der Waals surface area contributed by atoms with E-state index < -0.39 is 11.7 Å². The molecule has 0 unspecified atom stereocenters. The van der Waals surface area contributed by atoms with Gasteiger partial charge in [-0.25, -0.2) is 14.6 Å². The van der Waals surface area contributed by atoms with Gasteiger partial charge in [0.25, 0.3) is 0 Å². The number of hydrogen-bond donors (Lipinski definition) is 2. The Labute approximate surface area is 188 Å². The highest BCUT2D eigenvalue weighted by Crippen LogP contribution is 2.32. The largest absolute Gasteiger partial charge is 0.478 e. The summed E-state index contributed by atoms with van der Waals surface area (Å²) in [6.45, 7) is 3.93. The summed E-state index contributed by atoms with van der Waals surface area (Å²) < 4.78 is 6.58. The van der Waals surface area contributed by atoms with Gasteiger partial charge in [-0.2, -0.15) is 0 Å². The van der Waals surface area contributed by atoms with E-state index in [1.165, 1.54) is 0 Å². The lowest BCUT2D eigenvalue weighted by atomic mass is 9.99. The van der Waals surface area contributed by atoms with Crippen molar-refractivity contribution in [3.05, 3.63) is 88.2 Å². The third kappa shape index (κ3) is 3.41. The van der Waals surface area contributed by atoms with Gasteiger partial charge in [-0.15, -0.1) is 0 Å². The summed E-state index contributed by atoms with van der Waals surface area (Å²) in [5, 5.41) is 13.6. The van der Waals surface area contributed by atoms with Crippen LogP contribution in [0.5, 0.6) is 0 Å². The summed E-state index contributed by atoms with van der Waals surface area (Å²) in [5.74, 6) is -0.458. The molecule has 3 aromatic carbocycles. The number of rotatable bonds is 5. The van der Waals surface area contributed by atoms with Crippen molar-refractivity contribution in [3.8, 4) is 28.2 Å². The minimum absolute atomic E-state index is 0.215. The highest BCUT2D eigenvalue weighted by molar-refractivity contribution is 6.03. The number of aromatic nitrogens is 4. The van der Waals surface area contributed by atoms with Crippen LogP contribution in [0, 0.1) is 6.92 Å². The molecule has 0 aliphatic rings. The van der Waals surface area contributed by atoms with E-state index in [2.05, 4.69) is 14.7 Å². The molecule has 5 aromatic rings. The molecule has 0 saturated carbocycles. The second-order valence-corrected chi connectivity index (χ2v) is 7.69. The molecule has 0 atom stereocenters. The molecule has 0 amide bonds. The Morgan fingerprint density at radius 2 is 1.79 bits per heavy atom. The number of carboxylic acid groups (broad SMARTS) is 1. The van der Waals surface area contributed by atoms with Crippen LogP contribution in [0.3, 0.4) is 0 Å². The number of benzene rings is 3. The predicted octanol–water partition coefficient (Wildman–Crippen LogP) is 4.60. The number of nitrogens with one attached hydrogen (secondary N) is 1. The van der Waals surface area contributed by atoms with Gasteiger partial charge < -0.3 is 5.11 Å². The molecule has 0 aliphatic carbocycles. The fraction of sp³-hybridized carbons (Fsp3) is 0.120. The van der Waals surface area contributed by atoms with Gasteiger partial charge in [0, 0.05) is 17.7 Å². The second kappa shape index (κ2) is 7.90. The topological polar surface area (TPSA) is 114 Å². The zero-order chi connectivity index (χ0) is 23.1. The molecule has 0 aliphatic heterocycles. The molecule has 0 bridgehead atoms. The van der Waals surface area contributed by atoms with Crippen molar-refractivity contribution in [1.29, 1.82) is 0 Å². The minimum Gasteiger partial charge on any atom is -0.478 e. The van der Waals surface area contributed by atoms with Crippen molar-refractivity contribution in [2.45, 2.75) is 20.3 Å². The van der Waals surface area contributed by atoms with Crippen molar-refractivity contribution in [1.82, 2.24) is 19.7 Å². The van der Waals surface area contributed by atoms with Crippen LogP contribution in [0.4, 0.5) is 0 Å². The highest BCUT2D eigenvalue weighted by Gasteiger charge is 2.20. The van der Waals surface area contributed by atoms with Crippen molar-refractivity contribution in [2.24, 2.45) is 0 Å². The molecule has 8 nitrogen and oxygen atoms in total. The first-order valence-electron chi connectivity index (χ1n) is 10.5. The maximum Gasteiger partial charge on any atom is 0.439 e. The van der Waals surface area contributed by atoms with Crippen LogP contribution in [0.1, 0.15) is 28.7 Å². The number of nitrogens with zero attached hydrogens (tertiary/aromatic N) is 3. The normalized spacial score (nSPS) is 11.2. The van der Waals surface area contributed by atoms with Crippen LogP contribution in [0.2, 0.25) is 0 Å². The second-order valence-electron chi connectivity index (χ2n) is 7.69. The van der Waals surface area contributed by atoms with E-state index in [0.29, 0.717) is 23.3 Å². The standard InChI is InChI=1S/C25H20N4O4/c1-3-20-26-21-14(2)8-13-19(24(30)31)22(21)29(20)16-11-9-15(10-12-16)17-6-4-5-7-18(17)23-27-25(32)33-28-23/h4-13H,3H2,1-2H3,(H,30,31)(H,27,28,32). The van der Waals surface area contributed by atoms with Gasteiger partial charge in [0.15, 0.2) is 5.82 Å². The van der Waals surface area contributed by atoms with E-state index in [9.17, 15) is 14.7 Å². The molecule has 33 heavy (non-hydrogen) atoms. The third-order valence-electron chi connectivity index (χ3n) is 5.68. The van der Waals surface area contributed by atoms with E-state index in [4.69, 9.17) is 4.98 Å². The van der Waals surface area contributed by atoms with E-state index in [0.717, 1.165) is 33.8 Å². The Bertz CT molecular complexity index is 1560. The average Bonchev–Trinajstić information content (AvgIpc) is 3.43. The summed E-state index contributed by atoms with van der Waals surface area (Å²) in [6, 6.07) is 18.8. The van der Waals surface area contributed by atoms with Crippen LogP contribution in [0.15, 0.2) is 70.0 Å². The van der Waals surface area contributed by atoms with Gasteiger partial charge in [-0.1, -0.05) is 54.5 Å². The minimum atomic E-state index is -0.990. The van der Waals surface area contributed by atoms with Crippen LogP contribution in [-0.4, -0.2) is 30.8 Å². The first-order valence-corrected chi connectivity index (χ1v) is 10.5. The summed E-state index contributed by atoms with van der Waals surface area (Å²) in [4.78, 5) is 30.7. The van der Waals surface area contributed by atoms with Crippen LogP contribution in [-0.2, 0) is 6.42 Å². The van der Waals surface area contributed by atoms with Gasteiger partial charge in [0.2, 0.25) is 0 Å². The summed E-state index contributed by atoms with van der Waals surface area (Å²) in [5.41, 5.74) is 5.77. The zero-order valence-electron chi connectivity index (χ0n) is 18.0. The highest BCUT2D eigenvalue weighted by atomic mass is 16.5. The number of carbonyl (C=O) groups is 1. The maximum absolute atomic E-state index is 11.9. The number of carboxylic acids is 1. The predicted molar refractivity (Wildman–Crippen MR) is 124 cm³/mol. The van der Waals surface area contributed by atoms with Crippen LogP contribution in [0.25, 0.3) is 39.2 Å². The van der Waals surface area contributed by atoms with Crippen LogP contribution < -0.4 is 5.76 Å². The van der Waals surface area contributed by atoms with Gasteiger partial charge in [0.05, 0.1) is 16.6 Å². The number of imidazole rings is 1. The molecular weight excluding hydrogens is 420 g/mol. The fourth-order valence-electron chi connectivity index (χ4n) is 4.12. The van der Waals surface area contributed by atoms with E-state index >= 15 is 0 Å². The third-order valence-corrected chi connectivity index (χ3v) is 5.68. The maximum atomic E-state index is 11.9. The molecule has 0 spiro atoms. The number of aromatic carboxylic acids is 1. The molecule has 2 aromatic heterocycles. The smallest absolute Gasteiger partial charge is 0.439 e. The number of hydrogen-bond acceptors (Lipinski definition) is 5. The zero-order valence-corrected chi connectivity index (χ0v) is 18.0. The molecule has 164 valence electrons. The van der Waals surface area contributed by atoms with E-state index in [1.807, 2.05) is 66.9 Å². The Balaban J connectivity index is 1.66. The number of H-pyrrole nitrogens is 1. The van der Waals surface area contributed by atoms with Gasteiger partial charge in [-0.3, -0.25) is 14.1 Å². The van der Waals surface area contributed by atoms with Gasteiger partial charge in [0.1, 0.15) is 5.82 Å². The number of aryl methyl sites for hydroxylation is 2. The number of aromatic amines is 1. The first-order chi connectivity index (χ1) is 16.0. The van der Waals surface area contributed by atoms with Crippen LogP contribution >= 0.6 is 0 Å². The summed E-state index contributed by atoms with van der Waals surface area (Å²) in [7, 11) is 0. The van der Waals surface area contributed by atoms with E-state index in [1.54, 1.807) is 12.1 Å². The van der Waals surface area contributed by atoms with Crippen molar-refractivity contribution in [3.63, 3.8) is 0 Å². The van der Waals surface area contributed by atoms with Gasteiger partial charge in [-0.05, 0) is 41.8 Å². The fourth-order valence-corrected chi connectivity index (χ4v) is 4.12.